The Hall–Kier alpha value is -3.15. The Kier molecular flexibility index (Phi) is 7.44. The molecular formula is C22H19ClF6N2O4. The van der Waals surface area contributed by atoms with Gasteiger partial charge in [-0.15, -0.1) is 0 Å². The van der Waals surface area contributed by atoms with E-state index in [-0.39, 0.29) is 18.1 Å². The summed E-state index contributed by atoms with van der Waals surface area (Å²) in [7, 11) is 0. The number of alkyl halides is 6. The second kappa shape index (κ2) is 9.84. The number of hydrogen-bond donors (Lipinski definition) is 2. The van der Waals surface area contributed by atoms with E-state index in [0.717, 1.165) is 4.90 Å². The third-order valence-electron chi connectivity index (χ3n) is 5.41. The Balaban J connectivity index is 1.70. The van der Waals surface area contributed by atoms with Crippen molar-refractivity contribution in [3.05, 3.63) is 63.7 Å². The van der Waals surface area contributed by atoms with Crippen LogP contribution in [0.1, 0.15) is 41.6 Å². The molecule has 190 valence electrons. The smallest absolute Gasteiger partial charge is 0.416 e. The number of nitrogens with one attached hydrogen (secondary N) is 1. The Labute approximate surface area is 200 Å². The van der Waals surface area contributed by atoms with Crippen molar-refractivity contribution in [2.45, 2.75) is 44.2 Å². The molecule has 6 nitrogen and oxygen atoms in total. The van der Waals surface area contributed by atoms with Gasteiger partial charge < -0.3 is 15.2 Å². The van der Waals surface area contributed by atoms with E-state index in [1.165, 1.54) is 18.2 Å². The molecule has 0 fully saturated rings. The lowest BCUT2D eigenvalue weighted by Crippen LogP contribution is -2.45. The Morgan fingerprint density at radius 2 is 1.69 bits per heavy atom. The summed E-state index contributed by atoms with van der Waals surface area (Å²) < 4.78 is 82.9. The van der Waals surface area contributed by atoms with E-state index in [9.17, 15) is 41.0 Å². The molecule has 2 amide bonds. The van der Waals surface area contributed by atoms with Gasteiger partial charge in [-0.2, -0.15) is 26.3 Å². The maximum absolute atomic E-state index is 13.0. The van der Waals surface area contributed by atoms with Crippen molar-refractivity contribution in [2.75, 3.05) is 11.5 Å². The molecule has 0 aliphatic carbocycles. The summed E-state index contributed by atoms with van der Waals surface area (Å²) >= 11 is 6.01. The topological polar surface area (TPSA) is 78.9 Å². The molecular weight excluding hydrogens is 506 g/mol. The lowest BCUT2D eigenvalue weighted by molar-refractivity contribution is -0.143. The van der Waals surface area contributed by atoms with Crippen LogP contribution in [-0.4, -0.2) is 29.9 Å². The number of rotatable bonds is 4. The Bertz CT molecular complexity index is 1090. The zero-order chi connectivity index (χ0) is 26.1. The van der Waals surface area contributed by atoms with E-state index in [1.807, 2.05) is 0 Å². The number of carbonyl (C=O) groups is 2. The summed E-state index contributed by atoms with van der Waals surface area (Å²) in [6, 6.07) is 4.43. The summed E-state index contributed by atoms with van der Waals surface area (Å²) in [6.07, 6.45) is -12.3. The average Bonchev–Trinajstić information content (AvgIpc) is 2.72. The molecule has 35 heavy (non-hydrogen) atoms. The van der Waals surface area contributed by atoms with E-state index in [2.05, 4.69) is 5.32 Å². The number of hydrogen-bond acceptors (Lipinski definition) is 3. The molecule has 0 saturated carbocycles. The molecule has 0 radical (unpaired) electrons. The van der Waals surface area contributed by atoms with Crippen LogP contribution in [-0.2, 0) is 23.5 Å². The number of alkyl carbamates (subject to hydrolysis) is 1. The van der Waals surface area contributed by atoms with E-state index < -0.39 is 60.8 Å². The quantitative estimate of drug-likeness (QED) is 0.438. The summed E-state index contributed by atoms with van der Waals surface area (Å²) in [5.41, 5.74) is -2.49. The van der Waals surface area contributed by atoms with Gasteiger partial charge in [-0.25, -0.2) is 9.59 Å². The summed E-state index contributed by atoms with van der Waals surface area (Å²) in [6.45, 7) is 1.15. The van der Waals surface area contributed by atoms with Crippen molar-refractivity contribution in [3.8, 4) is 0 Å². The van der Waals surface area contributed by atoms with Crippen molar-refractivity contribution in [1.29, 1.82) is 0 Å². The normalized spacial score (nSPS) is 18.1. The monoisotopic (exact) mass is 524 g/mol. The molecule has 0 bridgehead atoms. The number of carboxylic acid groups (broad SMARTS) is 1. The van der Waals surface area contributed by atoms with Gasteiger partial charge in [-0.3, -0.25) is 4.90 Å². The first-order valence-corrected chi connectivity index (χ1v) is 10.6. The van der Waals surface area contributed by atoms with Crippen LogP contribution in [0.3, 0.4) is 0 Å². The van der Waals surface area contributed by atoms with Crippen LogP contribution in [0, 0.1) is 0 Å². The van der Waals surface area contributed by atoms with Crippen LogP contribution in [0.15, 0.2) is 36.4 Å². The molecule has 2 aromatic rings. The van der Waals surface area contributed by atoms with Gasteiger partial charge >= 0.3 is 24.5 Å². The highest BCUT2D eigenvalue weighted by Gasteiger charge is 2.37. The predicted octanol–water partition coefficient (Wildman–Crippen LogP) is 6.66. The highest BCUT2D eigenvalue weighted by molar-refractivity contribution is 6.30. The number of anilines is 1. The molecule has 1 heterocycles. The number of carbonyl (C=O) groups excluding carboxylic acids is 1. The minimum atomic E-state index is -4.98. The molecule has 0 saturated heterocycles. The van der Waals surface area contributed by atoms with Gasteiger partial charge in [0.2, 0.25) is 0 Å². The number of benzene rings is 2. The molecule has 1 aliphatic rings. The molecule has 3 rings (SSSR count). The molecule has 1 aliphatic heterocycles. The number of halogens is 7. The zero-order valence-electron chi connectivity index (χ0n) is 18.0. The van der Waals surface area contributed by atoms with Crippen molar-refractivity contribution < 1.29 is 45.8 Å². The zero-order valence-corrected chi connectivity index (χ0v) is 18.8. The third-order valence-corrected chi connectivity index (χ3v) is 5.65. The van der Waals surface area contributed by atoms with E-state index >= 15 is 0 Å². The van der Waals surface area contributed by atoms with Crippen LogP contribution in [0.5, 0.6) is 0 Å². The number of nitrogens with zero attached hydrogens (tertiary/aromatic N) is 1. The first kappa shape index (κ1) is 26.5. The maximum atomic E-state index is 13.0. The minimum absolute atomic E-state index is 0.0182. The van der Waals surface area contributed by atoms with Gasteiger partial charge in [0.15, 0.2) is 0 Å². The first-order chi connectivity index (χ1) is 16.2. The largest absolute Gasteiger partial charge is 0.465 e. The number of amides is 2. The SMILES string of the molecule is CC1CC(NC(=O)OCCc2cc(C(F)(F)F)cc(C(F)(F)F)c2)c2cc(Cl)ccc2N1C(=O)O. The molecule has 13 heteroatoms. The van der Waals surface area contributed by atoms with Gasteiger partial charge in [0.05, 0.1) is 29.5 Å². The minimum Gasteiger partial charge on any atom is -0.465 e. The van der Waals surface area contributed by atoms with Crippen molar-refractivity contribution in [1.82, 2.24) is 5.32 Å². The average molecular weight is 525 g/mol. The maximum Gasteiger partial charge on any atom is 0.416 e. The first-order valence-electron chi connectivity index (χ1n) is 10.2. The fraction of sp³-hybridized carbons (Fsp3) is 0.364. The fourth-order valence-electron chi connectivity index (χ4n) is 3.87. The van der Waals surface area contributed by atoms with Crippen LogP contribution < -0.4 is 10.2 Å². The molecule has 2 aromatic carbocycles. The summed E-state index contributed by atoms with van der Waals surface area (Å²) in [4.78, 5) is 25.1. The predicted molar refractivity (Wildman–Crippen MR) is 113 cm³/mol. The van der Waals surface area contributed by atoms with Gasteiger partial charge in [-0.1, -0.05) is 11.6 Å². The summed E-state index contributed by atoms with van der Waals surface area (Å²) in [5, 5.41) is 12.3. The second-order valence-electron chi connectivity index (χ2n) is 7.94. The molecule has 0 aromatic heterocycles. The Morgan fingerprint density at radius 1 is 1.09 bits per heavy atom. The van der Waals surface area contributed by atoms with Crippen molar-refractivity contribution in [3.63, 3.8) is 0 Å². The number of fused-ring (bicyclic) bond motifs is 1. The van der Waals surface area contributed by atoms with Gasteiger partial charge in [-0.05, 0) is 60.9 Å². The molecule has 2 N–H and O–H groups in total. The molecule has 0 spiro atoms. The highest BCUT2D eigenvalue weighted by atomic mass is 35.5. The lowest BCUT2D eigenvalue weighted by Gasteiger charge is -2.37. The third kappa shape index (κ3) is 6.30. The highest BCUT2D eigenvalue weighted by Crippen LogP contribution is 2.39. The van der Waals surface area contributed by atoms with Crippen LogP contribution in [0.4, 0.5) is 41.6 Å². The van der Waals surface area contributed by atoms with Gasteiger partial charge in [0.1, 0.15) is 0 Å². The summed E-state index contributed by atoms with van der Waals surface area (Å²) in [5.74, 6) is 0. The molecule has 2 unspecified atom stereocenters. The van der Waals surface area contributed by atoms with E-state index in [4.69, 9.17) is 16.3 Å². The van der Waals surface area contributed by atoms with Gasteiger partial charge in [0, 0.05) is 17.5 Å². The Morgan fingerprint density at radius 3 is 2.23 bits per heavy atom. The van der Waals surface area contributed by atoms with Crippen molar-refractivity contribution >= 4 is 29.5 Å². The van der Waals surface area contributed by atoms with E-state index in [1.54, 1.807) is 6.92 Å². The van der Waals surface area contributed by atoms with Crippen LogP contribution in [0.25, 0.3) is 0 Å². The van der Waals surface area contributed by atoms with Crippen LogP contribution >= 0.6 is 11.6 Å². The fourth-order valence-corrected chi connectivity index (χ4v) is 4.05. The standard InChI is InChI=1S/C22H19ClF6N2O4/c1-11-6-17(16-10-15(23)2-3-18(16)31(11)20(33)34)30-19(32)35-5-4-12-7-13(21(24,25)26)9-14(8-12)22(27,28)29/h2-3,7-11,17H,4-6H2,1H3,(H,30,32)(H,33,34). The second-order valence-corrected chi connectivity index (χ2v) is 8.37. The van der Waals surface area contributed by atoms with E-state index in [0.29, 0.717) is 28.4 Å². The number of ether oxygens (including phenoxy) is 1. The van der Waals surface area contributed by atoms with Crippen LogP contribution in [0.2, 0.25) is 5.02 Å². The lowest BCUT2D eigenvalue weighted by atomic mass is 9.92. The van der Waals surface area contributed by atoms with Gasteiger partial charge in [0.25, 0.3) is 0 Å². The molecule has 2 atom stereocenters. The van der Waals surface area contributed by atoms with Crippen molar-refractivity contribution in [2.24, 2.45) is 0 Å².